The molecule has 0 saturated heterocycles. The minimum Gasteiger partial charge on any atom is -0.504 e. The smallest absolute Gasteiger partial charge is 0.220 e. The number of ketones is 1. The van der Waals surface area contributed by atoms with Crippen molar-refractivity contribution in [2.45, 2.75) is 64.8 Å². The predicted molar refractivity (Wildman–Crippen MR) is 135 cm³/mol. The van der Waals surface area contributed by atoms with Gasteiger partial charge in [0, 0.05) is 25.3 Å². The fraction of sp³-hybridized carbons (Fsp3) is 0.444. The lowest BCUT2D eigenvalue weighted by Crippen LogP contribution is -2.42. The summed E-state index contributed by atoms with van der Waals surface area (Å²) >= 11 is 0. The molecule has 6 N–H and O–H groups in total. The Morgan fingerprint density at radius 3 is 1.78 bits per heavy atom. The van der Waals surface area contributed by atoms with E-state index in [2.05, 4.69) is 10.6 Å². The summed E-state index contributed by atoms with van der Waals surface area (Å²) in [6, 6.07) is 8.25. The van der Waals surface area contributed by atoms with Gasteiger partial charge in [-0.2, -0.15) is 0 Å². The van der Waals surface area contributed by atoms with Crippen LogP contribution < -0.4 is 10.6 Å². The predicted octanol–water partition coefficient (Wildman–Crippen LogP) is 3.07. The summed E-state index contributed by atoms with van der Waals surface area (Å²) in [6.07, 6.45) is 2.93. The van der Waals surface area contributed by atoms with Gasteiger partial charge in [-0.1, -0.05) is 26.0 Å². The van der Waals surface area contributed by atoms with E-state index in [1.54, 1.807) is 26.0 Å². The number of hydrogen-bond donors (Lipinski definition) is 6. The summed E-state index contributed by atoms with van der Waals surface area (Å²) in [7, 11) is 0. The van der Waals surface area contributed by atoms with E-state index in [-0.39, 0.29) is 59.4 Å². The van der Waals surface area contributed by atoms with Gasteiger partial charge >= 0.3 is 0 Å². The van der Waals surface area contributed by atoms with E-state index in [1.165, 1.54) is 24.3 Å². The molecule has 9 heteroatoms. The first kappa shape index (κ1) is 28.5. The molecule has 0 aliphatic carbocycles. The van der Waals surface area contributed by atoms with Gasteiger partial charge in [0.2, 0.25) is 11.8 Å². The fourth-order valence-corrected chi connectivity index (χ4v) is 3.71. The first-order valence-electron chi connectivity index (χ1n) is 12.2. The zero-order valence-corrected chi connectivity index (χ0v) is 20.8. The quantitative estimate of drug-likeness (QED) is 0.172. The highest BCUT2D eigenvalue weighted by Crippen LogP contribution is 2.26. The van der Waals surface area contributed by atoms with E-state index < -0.39 is 6.04 Å². The number of Topliss-reactive ketones (excluding diaryl/α,β-unsaturated/α-hetero) is 1. The average molecular weight is 501 g/mol. The van der Waals surface area contributed by atoms with E-state index in [0.29, 0.717) is 44.2 Å². The number of benzene rings is 2. The average Bonchev–Trinajstić information content (AvgIpc) is 2.84. The molecule has 0 aliphatic rings. The number of unbranched alkanes of at least 4 members (excludes halogenated alkanes) is 1. The fourth-order valence-electron chi connectivity index (χ4n) is 3.71. The summed E-state index contributed by atoms with van der Waals surface area (Å²) in [4.78, 5) is 37.1. The zero-order valence-electron chi connectivity index (χ0n) is 20.8. The second-order valence-electron chi connectivity index (χ2n) is 9.17. The number of nitrogens with one attached hydrogen (secondary N) is 2. The maximum Gasteiger partial charge on any atom is 0.220 e. The molecule has 196 valence electrons. The third kappa shape index (κ3) is 9.48. The highest BCUT2D eigenvalue weighted by molar-refractivity contribution is 5.90. The van der Waals surface area contributed by atoms with E-state index in [4.69, 9.17) is 0 Å². The SMILES string of the molecule is CC(C)C(=O)C(CCCCNC(=O)CCc1ccc(O)c(O)c1)NC(=O)CCc1ccc(O)c(O)c1. The van der Waals surface area contributed by atoms with Crippen molar-refractivity contribution in [2.75, 3.05) is 6.54 Å². The molecule has 2 aromatic rings. The lowest BCUT2D eigenvalue weighted by atomic mass is 9.96. The van der Waals surface area contributed by atoms with Gasteiger partial charge < -0.3 is 31.1 Å². The Labute approximate surface area is 211 Å². The number of amides is 2. The lowest BCUT2D eigenvalue weighted by molar-refractivity contribution is -0.129. The second kappa shape index (κ2) is 14.0. The van der Waals surface area contributed by atoms with Crippen molar-refractivity contribution in [3.63, 3.8) is 0 Å². The summed E-state index contributed by atoms with van der Waals surface area (Å²) < 4.78 is 0. The van der Waals surface area contributed by atoms with Crippen LogP contribution in [0.2, 0.25) is 0 Å². The lowest BCUT2D eigenvalue weighted by Gasteiger charge is -2.20. The molecule has 0 aromatic heterocycles. The number of aromatic hydroxyl groups is 4. The van der Waals surface area contributed by atoms with Gasteiger partial charge in [0.25, 0.3) is 0 Å². The molecule has 2 rings (SSSR count). The Morgan fingerprint density at radius 2 is 1.28 bits per heavy atom. The monoisotopic (exact) mass is 500 g/mol. The first-order chi connectivity index (χ1) is 17.1. The number of hydrogen-bond acceptors (Lipinski definition) is 7. The molecule has 0 spiro atoms. The minimum absolute atomic E-state index is 0.0492. The number of phenolic OH excluding ortho intramolecular Hbond substituents is 4. The standard InChI is InChI=1S/C27H36N2O7/c1-17(2)27(36)20(29-26(35)13-9-19-7-11-22(31)24(33)16-19)5-3-4-14-28-25(34)12-8-18-6-10-21(30)23(32)15-18/h6-7,10-11,15-17,20,30-33H,3-5,8-9,12-14H2,1-2H3,(H,28,34)(H,29,35). The Morgan fingerprint density at radius 1 is 0.750 bits per heavy atom. The van der Waals surface area contributed by atoms with Crippen LogP contribution in [0.25, 0.3) is 0 Å². The molecule has 2 amide bonds. The molecule has 0 radical (unpaired) electrons. The Kier molecular flexibility index (Phi) is 11.1. The number of carbonyl (C=O) groups excluding carboxylic acids is 3. The van der Waals surface area contributed by atoms with Crippen molar-refractivity contribution in [2.24, 2.45) is 5.92 Å². The summed E-state index contributed by atoms with van der Waals surface area (Å²) in [5.41, 5.74) is 1.44. The topological polar surface area (TPSA) is 156 Å². The van der Waals surface area contributed by atoms with E-state index in [9.17, 15) is 34.8 Å². The Bertz CT molecular complexity index is 1050. The van der Waals surface area contributed by atoms with Crippen LogP contribution in [0.15, 0.2) is 36.4 Å². The number of rotatable bonds is 14. The van der Waals surface area contributed by atoms with Crippen LogP contribution >= 0.6 is 0 Å². The molecular weight excluding hydrogens is 464 g/mol. The van der Waals surface area contributed by atoms with Gasteiger partial charge in [-0.05, 0) is 67.5 Å². The molecule has 1 atom stereocenters. The molecule has 0 fully saturated rings. The summed E-state index contributed by atoms with van der Waals surface area (Å²) in [6.45, 7) is 4.02. The molecule has 36 heavy (non-hydrogen) atoms. The molecule has 1 unspecified atom stereocenters. The van der Waals surface area contributed by atoms with Gasteiger partial charge in [0.15, 0.2) is 28.8 Å². The second-order valence-corrected chi connectivity index (χ2v) is 9.17. The highest BCUT2D eigenvalue weighted by Gasteiger charge is 2.22. The van der Waals surface area contributed by atoms with E-state index in [0.717, 1.165) is 5.56 Å². The van der Waals surface area contributed by atoms with E-state index in [1.807, 2.05) is 0 Å². The molecular formula is C27H36N2O7. The molecule has 9 nitrogen and oxygen atoms in total. The molecule has 0 heterocycles. The van der Waals surface area contributed by atoms with Gasteiger partial charge in [-0.25, -0.2) is 0 Å². The van der Waals surface area contributed by atoms with Crippen molar-refractivity contribution >= 4 is 17.6 Å². The van der Waals surface area contributed by atoms with Crippen LogP contribution in [-0.2, 0) is 27.2 Å². The van der Waals surface area contributed by atoms with Crippen LogP contribution in [0.5, 0.6) is 23.0 Å². The number of phenols is 4. The normalized spacial score (nSPS) is 11.8. The Balaban J connectivity index is 1.72. The number of aryl methyl sites for hydroxylation is 2. The molecule has 0 bridgehead atoms. The first-order valence-corrected chi connectivity index (χ1v) is 12.2. The zero-order chi connectivity index (χ0) is 26.7. The van der Waals surface area contributed by atoms with Gasteiger partial charge in [-0.3, -0.25) is 14.4 Å². The van der Waals surface area contributed by atoms with Crippen molar-refractivity contribution < 1.29 is 34.8 Å². The van der Waals surface area contributed by atoms with Crippen molar-refractivity contribution in [1.82, 2.24) is 10.6 Å². The number of carbonyl (C=O) groups is 3. The van der Waals surface area contributed by atoms with Crippen LogP contribution in [0.4, 0.5) is 0 Å². The maximum absolute atomic E-state index is 12.6. The minimum atomic E-state index is -0.608. The highest BCUT2D eigenvalue weighted by atomic mass is 16.3. The summed E-state index contributed by atoms with van der Waals surface area (Å²) in [5.74, 6) is -1.57. The van der Waals surface area contributed by atoms with Gasteiger partial charge in [0.1, 0.15) is 0 Å². The summed E-state index contributed by atoms with van der Waals surface area (Å²) in [5, 5.41) is 43.5. The van der Waals surface area contributed by atoms with Gasteiger partial charge in [0.05, 0.1) is 6.04 Å². The third-order valence-electron chi connectivity index (χ3n) is 5.85. The Hall–Kier alpha value is -3.75. The molecule has 0 saturated carbocycles. The molecule has 2 aromatic carbocycles. The van der Waals surface area contributed by atoms with E-state index >= 15 is 0 Å². The van der Waals surface area contributed by atoms with Crippen LogP contribution in [0.3, 0.4) is 0 Å². The van der Waals surface area contributed by atoms with Crippen molar-refractivity contribution in [3.8, 4) is 23.0 Å². The van der Waals surface area contributed by atoms with Crippen molar-refractivity contribution in [1.29, 1.82) is 0 Å². The maximum atomic E-state index is 12.6. The third-order valence-corrected chi connectivity index (χ3v) is 5.85. The van der Waals surface area contributed by atoms with Crippen LogP contribution in [0.1, 0.15) is 57.1 Å². The van der Waals surface area contributed by atoms with Gasteiger partial charge in [-0.15, -0.1) is 0 Å². The van der Waals surface area contributed by atoms with Crippen LogP contribution in [-0.4, -0.2) is 50.6 Å². The van der Waals surface area contributed by atoms with Crippen molar-refractivity contribution in [3.05, 3.63) is 47.5 Å². The largest absolute Gasteiger partial charge is 0.504 e. The van der Waals surface area contributed by atoms with Crippen LogP contribution in [0, 0.1) is 5.92 Å². The molecule has 0 aliphatic heterocycles.